The zero-order chi connectivity index (χ0) is 12.3. The van der Waals surface area contributed by atoms with Crippen LogP contribution in [0.1, 0.15) is 12.8 Å². The van der Waals surface area contributed by atoms with Crippen LogP contribution < -0.4 is 5.32 Å². The fourth-order valence-electron chi connectivity index (χ4n) is 2.07. The molecule has 0 aromatic carbocycles. The topological polar surface area (TPSA) is 76.2 Å². The summed E-state index contributed by atoms with van der Waals surface area (Å²) in [6.45, 7) is 3.86. The van der Waals surface area contributed by atoms with Gasteiger partial charge in [0.2, 0.25) is 5.82 Å². The van der Waals surface area contributed by atoms with Crippen molar-refractivity contribution >= 4 is 11.5 Å². The lowest BCUT2D eigenvalue weighted by molar-refractivity contribution is -0.384. The van der Waals surface area contributed by atoms with Gasteiger partial charge in [0.05, 0.1) is 4.92 Å². The number of likely N-dealkylation sites (tertiary alicyclic amines) is 1. The summed E-state index contributed by atoms with van der Waals surface area (Å²) in [7, 11) is 1.68. The van der Waals surface area contributed by atoms with Crippen LogP contribution in [0.4, 0.5) is 11.5 Å². The van der Waals surface area contributed by atoms with Gasteiger partial charge in [-0.1, -0.05) is 0 Å². The van der Waals surface area contributed by atoms with Gasteiger partial charge in [-0.3, -0.25) is 14.8 Å². The van der Waals surface area contributed by atoms with Gasteiger partial charge in [-0.25, -0.2) is 0 Å². The summed E-state index contributed by atoms with van der Waals surface area (Å²) in [5.74, 6) is 0.358. The van der Waals surface area contributed by atoms with Gasteiger partial charge >= 0.3 is 5.69 Å². The minimum absolute atomic E-state index is 0.0360. The van der Waals surface area contributed by atoms with Crippen molar-refractivity contribution in [3.8, 4) is 0 Å². The fourth-order valence-corrected chi connectivity index (χ4v) is 2.07. The van der Waals surface area contributed by atoms with Crippen molar-refractivity contribution in [3.63, 3.8) is 0 Å². The third-order valence-corrected chi connectivity index (χ3v) is 2.93. The molecule has 0 unspecified atom stereocenters. The first-order chi connectivity index (χ1) is 8.16. The van der Waals surface area contributed by atoms with Crippen molar-refractivity contribution < 1.29 is 4.92 Å². The summed E-state index contributed by atoms with van der Waals surface area (Å²) < 4.78 is 1.45. The van der Waals surface area contributed by atoms with E-state index in [0.717, 1.165) is 19.6 Å². The molecule has 2 heterocycles. The van der Waals surface area contributed by atoms with Crippen LogP contribution in [0.25, 0.3) is 0 Å². The van der Waals surface area contributed by atoms with E-state index in [0.29, 0.717) is 12.4 Å². The van der Waals surface area contributed by atoms with Gasteiger partial charge in [-0.05, 0) is 25.9 Å². The third-order valence-electron chi connectivity index (χ3n) is 2.93. The van der Waals surface area contributed by atoms with Gasteiger partial charge in [-0.2, -0.15) is 0 Å². The highest BCUT2D eigenvalue weighted by Crippen LogP contribution is 2.21. The van der Waals surface area contributed by atoms with Crippen LogP contribution >= 0.6 is 0 Å². The number of nitrogens with one attached hydrogen (secondary N) is 1. The van der Waals surface area contributed by atoms with Gasteiger partial charge in [0, 0.05) is 20.1 Å². The Morgan fingerprint density at radius 3 is 2.88 bits per heavy atom. The Hall–Kier alpha value is -1.63. The number of nitrogens with zero attached hydrogens (tertiary/aromatic N) is 4. The molecule has 94 valence electrons. The maximum absolute atomic E-state index is 10.8. The SMILES string of the molecule is Cn1cc([N+](=O)[O-])c(NCCN2CCCC2)n1. The highest BCUT2D eigenvalue weighted by Gasteiger charge is 2.18. The monoisotopic (exact) mass is 239 g/mol. The summed E-state index contributed by atoms with van der Waals surface area (Å²) in [5.41, 5.74) is 0.0360. The number of hydrogen-bond acceptors (Lipinski definition) is 5. The van der Waals surface area contributed by atoms with E-state index < -0.39 is 4.92 Å². The molecule has 0 amide bonds. The van der Waals surface area contributed by atoms with E-state index in [9.17, 15) is 10.1 Å². The number of nitro groups is 1. The van der Waals surface area contributed by atoms with Crippen molar-refractivity contribution in [2.75, 3.05) is 31.5 Å². The normalized spacial score (nSPS) is 16.3. The second-order valence-electron chi connectivity index (χ2n) is 4.27. The Morgan fingerprint density at radius 1 is 1.53 bits per heavy atom. The van der Waals surface area contributed by atoms with E-state index in [1.165, 1.54) is 23.7 Å². The van der Waals surface area contributed by atoms with Crippen LogP contribution in [-0.4, -0.2) is 45.8 Å². The van der Waals surface area contributed by atoms with Crippen molar-refractivity contribution in [2.45, 2.75) is 12.8 Å². The van der Waals surface area contributed by atoms with Gasteiger partial charge in [0.15, 0.2) is 0 Å². The number of aromatic nitrogens is 2. The molecule has 1 aromatic heterocycles. The summed E-state index contributed by atoms with van der Waals surface area (Å²) in [6.07, 6.45) is 3.92. The molecule has 7 nitrogen and oxygen atoms in total. The number of aryl methyl sites for hydroxylation is 1. The van der Waals surface area contributed by atoms with Crippen LogP contribution in [0.15, 0.2) is 6.20 Å². The first kappa shape index (κ1) is 11.8. The van der Waals surface area contributed by atoms with Crippen molar-refractivity contribution in [2.24, 2.45) is 7.05 Å². The van der Waals surface area contributed by atoms with Crippen LogP contribution in [0, 0.1) is 10.1 Å². The van der Waals surface area contributed by atoms with E-state index in [-0.39, 0.29) is 5.69 Å². The Morgan fingerprint density at radius 2 is 2.24 bits per heavy atom. The largest absolute Gasteiger partial charge is 0.362 e. The van der Waals surface area contributed by atoms with Crippen molar-refractivity contribution in [3.05, 3.63) is 16.3 Å². The fraction of sp³-hybridized carbons (Fsp3) is 0.700. The van der Waals surface area contributed by atoms with Crippen LogP contribution in [0.3, 0.4) is 0 Å². The summed E-state index contributed by atoms with van der Waals surface area (Å²) in [5, 5.41) is 17.8. The number of hydrogen-bond donors (Lipinski definition) is 1. The van der Waals surface area contributed by atoms with Crippen LogP contribution in [0.5, 0.6) is 0 Å². The molecule has 1 aliphatic rings. The van der Waals surface area contributed by atoms with Crippen LogP contribution in [-0.2, 0) is 7.05 Å². The maximum Gasteiger partial charge on any atom is 0.330 e. The highest BCUT2D eigenvalue weighted by atomic mass is 16.6. The van der Waals surface area contributed by atoms with Crippen molar-refractivity contribution in [1.29, 1.82) is 0 Å². The molecule has 7 heteroatoms. The molecule has 0 spiro atoms. The smallest absolute Gasteiger partial charge is 0.330 e. The van der Waals surface area contributed by atoms with Crippen LogP contribution in [0.2, 0.25) is 0 Å². The average Bonchev–Trinajstić information content (AvgIpc) is 2.88. The summed E-state index contributed by atoms with van der Waals surface area (Å²) in [6, 6.07) is 0. The molecule has 0 aliphatic carbocycles. The predicted octanol–water partition coefficient (Wildman–Crippen LogP) is 0.836. The minimum Gasteiger partial charge on any atom is -0.362 e. The maximum atomic E-state index is 10.8. The molecule has 1 N–H and O–H groups in total. The molecule has 0 radical (unpaired) electrons. The van der Waals surface area contributed by atoms with E-state index in [4.69, 9.17) is 0 Å². The summed E-state index contributed by atoms with van der Waals surface area (Å²) >= 11 is 0. The molecule has 2 rings (SSSR count). The Bertz CT molecular complexity index is 397. The molecule has 0 bridgehead atoms. The number of rotatable bonds is 5. The zero-order valence-corrected chi connectivity index (χ0v) is 9.93. The summed E-state index contributed by atoms with van der Waals surface area (Å²) in [4.78, 5) is 12.7. The van der Waals surface area contributed by atoms with Crippen molar-refractivity contribution in [1.82, 2.24) is 14.7 Å². The molecule has 17 heavy (non-hydrogen) atoms. The standard InChI is InChI=1S/C10H17N5O2/c1-13-8-9(15(16)17)10(12-13)11-4-7-14-5-2-3-6-14/h8H,2-7H2,1H3,(H,11,12). The Balaban J connectivity index is 1.87. The first-order valence-electron chi connectivity index (χ1n) is 5.81. The van der Waals surface area contributed by atoms with E-state index >= 15 is 0 Å². The Kier molecular flexibility index (Phi) is 3.58. The number of anilines is 1. The highest BCUT2D eigenvalue weighted by molar-refractivity contribution is 5.54. The average molecular weight is 239 g/mol. The first-order valence-corrected chi connectivity index (χ1v) is 5.81. The van der Waals surface area contributed by atoms with Gasteiger partial charge < -0.3 is 10.2 Å². The lowest BCUT2D eigenvalue weighted by Crippen LogP contribution is -2.26. The van der Waals surface area contributed by atoms with Gasteiger partial charge in [-0.15, -0.1) is 5.10 Å². The second kappa shape index (κ2) is 5.13. The lowest BCUT2D eigenvalue weighted by Gasteiger charge is -2.14. The zero-order valence-electron chi connectivity index (χ0n) is 9.93. The lowest BCUT2D eigenvalue weighted by atomic mass is 10.4. The quantitative estimate of drug-likeness (QED) is 0.608. The predicted molar refractivity (Wildman–Crippen MR) is 64.0 cm³/mol. The molecule has 1 saturated heterocycles. The molecule has 0 atom stereocenters. The second-order valence-corrected chi connectivity index (χ2v) is 4.27. The molecule has 1 aliphatic heterocycles. The third kappa shape index (κ3) is 2.94. The van der Waals surface area contributed by atoms with E-state index in [1.54, 1.807) is 7.05 Å². The molecular formula is C10H17N5O2. The van der Waals surface area contributed by atoms with E-state index in [1.807, 2.05) is 0 Å². The van der Waals surface area contributed by atoms with E-state index in [2.05, 4.69) is 15.3 Å². The molecule has 0 saturated carbocycles. The minimum atomic E-state index is -0.412. The van der Waals surface area contributed by atoms with Gasteiger partial charge in [0.25, 0.3) is 0 Å². The molecular weight excluding hydrogens is 222 g/mol. The molecule has 1 aromatic rings. The Labute approximate surface area is 99.6 Å². The molecule has 1 fully saturated rings. The van der Waals surface area contributed by atoms with Gasteiger partial charge in [0.1, 0.15) is 6.20 Å².